The zero-order chi connectivity index (χ0) is 15.7. The van der Waals surface area contributed by atoms with Crippen molar-refractivity contribution in [2.45, 2.75) is 38.6 Å². The van der Waals surface area contributed by atoms with E-state index < -0.39 is 0 Å². The van der Waals surface area contributed by atoms with Crippen LogP contribution in [-0.2, 0) is 21.8 Å². The second-order valence-electron chi connectivity index (χ2n) is 5.20. The Kier molecular flexibility index (Phi) is 8.66. The third-order valence-corrected chi connectivity index (χ3v) is 3.66. The molecule has 0 spiro atoms. The van der Waals surface area contributed by atoms with Crippen LogP contribution in [0.5, 0.6) is 0 Å². The van der Waals surface area contributed by atoms with E-state index in [9.17, 15) is 0 Å². The van der Waals surface area contributed by atoms with Gasteiger partial charge in [0, 0.05) is 32.3 Å². The Bertz CT molecular complexity index is 415. The van der Waals surface area contributed by atoms with Gasteiger partial charge in [-0.2, -0.15) is 0 Å². The number of ether oxygens (including phenoxy) is 2. The SMILES string of the molecule is CCCc1cc(CCl)cc(N(CCOC)C(C)COC)n1. The Morgan fingerprint density at radius 1 is 1.29 bits per heavy atom. The predicted octanol–water partition coefficient (Wildman–Crippen LogP) is 3.26. The highest BCUT2D eigenvalue weighted by atomic mass is 35.5. The van der Waals surface area contributed by atoms with Gasteiger partial charge in [0.05, 0.1) is 19.3 Å². The van der Waals surface area contributed by atoms with Crippen LogP contribution in [-0.4, -0.2) is 45.0 Å². The van der Waals surface area contributed by atoms with Crippen LogP contribution in [0.1, 0.15) is 31.5 Å². The first kappa shape index (κ1) is 18.2. The molecule has 1 atom stereocenters. The maximum absolute atomic E-state index is 6.03. The van der Waals surface area contributed by atoms with Gasteiger partial charge in [0.15, 0.2) is 0 Å². The van der Waals surface area contributed by atoms with E-state index in [1.165, 1.54) is 0 Å². The van der Waals surface area contributed by atoms with E-state index in [0.29, 0.717) is 19.1 Å². The van der Waals surface area contributed by atoms with Crippen LogP contribution < -0.4 is 4.90 Å². The summed E-state index contributed by atoms with van der Waals surface area (Å²) in [7, 11) is 3.43. The number of hydrogen-bond acceptors (Lipinski definition) is 4. The molecule has 0 saturated carbocycles. The average molecular weight is 315 g/mol. The van der Waals surface area contributed by atoms with Crippen LogP contribution >= 0.6 is 11.6 Å². The Labute approximate surface area is 133 Å². The molecular formula is C16H27ClN2O2. The molecule has 0 aliphatic heterocycles. The summed E-state index contributed by atoms with van der Waals surface area (Å²) >= 11 is 6.03. The van der Waals surface area contributed by atoms with Crippen molar-refractivity contribution in [2.24, 2.45) is 0 Å². The van der Waals surface area contributed by atoms with Gasteiger partial charge in [-0.05, 0) is 31.0 Å². The summed E-state index contributed by atoms with van der Waals surface area (Å²) in [6, 6.07) is 4.39. The van der Waals surface area contributed by atoms with Crippen LogP contribution in [0, 0.1) is 0 Å². The van der Waals surface area contributed by atoms with Crippen molar-refractivity contribution in [1.82, 2.24) is 4.98 Å². The second-order valence-corrected chi connectivity index (χ2v) is 5.47. The number of alkyl halides is 1. The van der Waals surface area contributed by atoms with Crippen molar-refractivity contribution in [1.29, 1.82) is 0 Å². The molecule has 0 amide bonds. The topological polar surface area (TPSA) is 34.6 Å². The van der Waals surface area contributed by atoms with Gasteiger partial charge < -0.3 is 14.4 Å². The number of hydrogen-bond donors (Lipinski definition) is 0. The summed E-state index contributed by atoms with van der Waals surface area (Å²) in [5.41, 5.74) is 2.20. The lowest BCUT2D eigenvalue weighted by atomic mass is 10.1. The van der Waals surface area contributed by atoms with Crippen molar-refractivity contribution in [3.63, 3.8) is 0 Å². The molecule has 0 radical (unpaired) electrons. The number of aryl methyl sites for hydroxylation is 1. The highest BCUT2D eigenvalue weighted by Crippen LogP contribution is 2.20. The molecule has 0 aliphatic rings. The minimum absolute atomic E-state index is 0.234. The van der Waals surface area contributed by atoms with E-state index in [0.717, 1.165) is 36.5 Å². The quantitative estimate of drug-likeness (QED) is 0.621. The van der Waals surface area contributed by atoms with E-state index in [1.807, 2.05) is 0 Å². The number of aromatic nitrogens is 1. The molecule has 0 N–H and O–H groups in total. The van der Waals surface area contributed by atoms with Gasteiger partial charge in [-0.15, -0.1) is 11.6 Å². The summed E-state index contributed by atoms with van der Waals surface area (Å²) in [6.07, 6.45) is 2.04. The van der Waals surface area contributed by atoms with Crippen LogP contribution in [0.25, 0.3) is 0 Å². The normalized spacial score (nSPS) is 12.4. The molecule has 1 aromatic rings. The predicted molar refractivity (Wildman–Crippen MR) is 88.3 cm³/mol. The monoisotopic (exact) mass is 314 g/mol. The minimum atomic E-state index is 0.234. The van der Waals surface area contributed by atoms with Gasteiger partial charge in [-0.3, -0.25) is 0 Å². The summed E-state index contributed by atoms with van der Waals surface area (Å²) in [5.74, 6) is 1.46. The summed E-state index contributed by atoms with van der Waals surface area (Å²) in [6.45, 7) is 6.38. The maximum atomic E-state index is 6.03. The Hall–Kier alpha value is -0.840. The zero-order valence-corrected chi connectivity index (χ0v) is 14.3. The third-order valence-electron chi connectivity index (χ3n) is 3.36. The lowest BCUT2D eigenvalue weighted by molar-refractivity contribution is 0.170. The molecule has 0 saturated heterocycles. The fourth-order valence-electron chi connectivity index (χ4n) is 2.32. The molecule has 1 aromatic heterocycles. The highest BCUT2D eigenvalue weighted by molar-refractivity contribution is 6.17. The third kappa shape index (κ3) is 5.81. The van der Waals surface area contributed by atoms with Crippen molar-refractivity contribution in [3.05, 3.63) is 23.4 Å². The zero-order valence-electron chi connectivity index (χ0n) is 13.6. The van der Waals surface area contributed by atoms with Gasteiger partial charge in [0.2, 0.25) is 0 Å². The molecule has 0 aromatic carbocycles. The molecular weight excluding hydrogens is 288 g/mol. The lowest BCUT2D eigenvalue weighted by Gasteiger charge is -2.30. The average Bonchev–Trinajstić information content (AvgIpc) is 2.48. The first-order chi connectivity index (χ1) is 10.2. The Morgan fingerprint density at radius 3 is 2.62 bits per heavy atom. The van der Waals surface area contributed by atoms with Crippen molar-refractivity contribution in [3.8, 4) is 0 Å². The molecule has 4 nitrogen and oxygen atoms in total. The minimum Gasteiger partial charge on any atom is -0.383 e. The van der Waals surface area contributed by atoms with Gasteiger partial charge in [0.1, 0.15) is 5.82 Å². The molecule has 120 valence electrons. The lowest BCUT2D eigenvalue weighted by Crippen LogP contribution is -2.39. The molecule has 0 bridgehead atoms. The molecule has 1 rings (SSSR count). The van der Waals surface area contributed by atoms with E-state index in [1.54, 1.807) is 14.2 Å². The van der Waals surface area contributed by atoms with Gasteiger partial charge in [0.25, 0.3) is 0 Å². The van der Waals surface area contributed by atoms with E-state index >= 15 is 0 Å². The fourth-order valence-corrected chi connectivity index (χ4v) is 2.48. The van der Waals surface area contributed by atoms with Crippen molar-refractivity contribution >= 4 is 17.4 Å². The number of halogens is 1. The molecule has 1 unspecified atom stereocenters. The standard InChI is InChI=1S/C16H27ClN2O2/c1-5-6-15-9-14(11-17)10-16(18-15)19(7-8-20-3)13(2)12-21-4/h9-10,13H,5-8,11-12H2,1-4H3. The second kappa shape index (κ2) is 9.98. The van der Waals surface area contributed by atoms with Gasteiger partial charge >= 0.3 is 0 Å². The van der Waals surface area contributed by atoms with Crippen molar-refractivity contribution < 1.29 is 9.47 Å². The van der Waals surface area contributed by atoms with Gasteiger partial charge in [-0.1, -0.05) is 13.3 Å². The van der Waals surface area contributed by atoms with E-state index in [4.69, 9.17) is 26.1 Å². The number of anilines is 1. The largest absolute Gasteiger partial charge is 0.383 e. The summed E-state index contributed by atoms with van der Waals surface area (Å²) < 4.78 is 10.5. The Morgan fingerprint density at radius 2 is 2.05 bits per heavy atom. The number of nitrogens with zero attached hydrogens (tertiary/aromatic N) is 2. The Balaban J connectivity index is 3.05. The van der Waals surface area contributed by atoms with E-state index in [-0.39, 0.29) is 6.04 Å². The smallest absolute Gasteiger partial charge is 0.129 e. The number of rotatable bonds is 10. The first-order valence-corrected chi connectivity index (χ1v) is 8.00. The van der Waals surface area contributed by atoms with Crippen LogP contribution in [0.4, 0.5) is 5.82 Å². The summed E-state index contributed by atoms with van der Waals surface area (Å²) in [4.78, 5) is 7.01. The maximum Gasteiger partial charge on any atom is 0.129 e. The molecule has 0 fully saturated rings. The molecule has 1 heterocycles. The van der Waals surface area contributed by atoms with Gasteiger partial charge in [-0.25, -0.2) is 4.98 Å². The van der Waals surface area contributed by atoms with Crippen LogP contribution in [0.15, 0.2) is 12.1 Å². The molecule has 0 aliphatic carbocycles. The highest BCUT2D eigenvalue weighted by Gasteiger charge is 2.17. The van der Waals surface area contributed by atoms with E-state index in [2.05, 4.69) is 30.9 Å². The summed E-state index contributed by atoms with van der Waals surface area (Å²) in [5, 5.41) is 0. The number of pyridine rings is 1. The van der Waals surface area contributed by atoms with Crippen LogP contribution in [0.2, 0.25) is 0 Å². The van der Waals surface area contributed by atoms with Crippen molar-refractivity contribution in [2.75, 3.05) is 38.9 Å². The molecule has 21 heavy (non-hydrogen) atoms. The van der Waals surface area contributed by atoms with Crippen LogP contribution in [0.3, 0.4) is 0 Å². The molecule has 5 heteroatoms. The number of methoxy groups -OCH3 is 2. The fraction of sp³-hybridized carbons (Fsp3) is 0.688. The first-order valence-electron chi connectivity index (χ1n) is 7.46.